The number of hydrogen-bond acceptors (Lipinski definition) is 2. The van der Waals surface area contributed by atoms with Crippen molar-refractivity contribution < 1.29 is 5.11 Å². The molecule has 1 aromatic carbocycles. The Morgan fingerprint density at radius 2 is 1.78 bits per heavy atom. The van der Waals surface area contributed by atoms with Gasteiger partial charge < -0.3 is 9.45 Å². The van der Waals surface area contributed by atoms with E-state index in [1.807, 2.05) is 0 Å². The SMILES string of the molecule is Oc1ccc(NBr)cc1. The average Bonchev–Trinajstić information content (AvgIpc) is 1.90. The molecule has 0 aliphatic rings. The fraction of sp³-hybridized carbons (Fsp3) is 0. The summed E-state index contributed by atoms with van der Waals surface area (Å²) < 4.78 is 2.76. The Labute approximate surface area is 61.9 Å². The monoisotopic (exact) mass is 187 g/mol. The first kappa shape index (κ1) is 6.42. The summed E-state index contributed by atoms with van der Waals surface area (Å²) in [5.41, 5.74) is 0.924. The molecule has 48 valence electrons. The lowest BCUT2D eigenvalue weighted by Crippen LogP contribution is -1.75. The molecule has 1 rings (SSSR count). The van der Waals surface area contributed by atoms with Crippen molar-refractivity contribution in [3.8, 4) is 5.75 Å². The molecule has 0 aliphatic carbocycles. The summed E-state index contributed by atoms with van der Waals surface area (Å²) in [4.78, 5) is 0. The number of phenols is 1. The zero-order valence-electron chi connectivity index (χ0n) is 4.63. The van der Waals surface area contributed by atoms with Crippen LogP contribution >= 0.6 is 16.1 Å². The molecule has 1 aromatic rings. The summed E-state index contributed by atoms with van der Waals surface area (Å²) in [6.07, 6.45) is 0. The van der Waals surface area contributed by atoms with E-state index in [-0.39, 0.29) is 5.75 Å². The highest BCUT2D eigenvalue weighted by Gasteiger charge is 1.86. The number of rotatable bonds is 1. The minimum atomic E-state index is 0.279. The molecule has 3 heteroatoms. The third-order valence-corrected chi connectivity index (χ3v) is 1.43. The maximum absolute atomic E-state index is 8.81. The van der Waals surface area contributed by atoms with Crippen LogP contribution in [0.5, 0.6) is 5.75 Å². The van der Waals surface area contributed by atoms with Gasteiger partial charge in [-0.2, -0.15) is 0 Å². The highest BCUT2D eigenvalue weighted by Crippen LogP contribution is 2.14. The van der Waals surface area contributed by atoms with Crippen molar-refractivity contribution in [1.82, 2.24) is 0 Å². The van der Waals surface area contributed by atoms with Gasteiger partial charge in [-0.25, -0.2) is 0 Å². The number of hydrogen-bond donors (Lipinski definition) is 2. The molecule has 0 saturated carbocycles. The summed E-state index contributed by atoms with van der Waals surface area (Å²) >= 11 is 3.05. The second kappa shape index (κ2) is 2.73. The molecular formula is C6H6BrNO. The lowest BCUT2D eigenvalue weighted by molar-refractivity contribution is 0.475. The minimum absolute atomic E-state index is 0.279. The molecule has 0 atom stereocenters. The topological polar surface area (TPSA) is 32.3 Å². The Balaban J connectivity index is 2.88. The van der Waals surface area contributed by atoms with Crippen molar-refractivity contribution in [2.24, 2.45) is 0 Å². The Hall–Kier alpha value is -0.700. The number of phenolic OH excluding ortho intramolecular Hbond substituents is 1. The van der Waals surface area contributed by atoms with E-state index in [9.17, 15) is 0 Å². The van der Waals surface area contributed by atoms with Gasteiger partial charge in [-0.3, -0.25) is 0 Å². The van der Waals surface area contributed by atoms with Crippen molar-refractivity contribution in [3.63, 3.8) is 0 Å². The highest BCUT2D eigenvalue weighted by molar-refractivity contribution is 9.10. The minimum Gasteiger partial charge on any atom is -0.508 e. The Kier molecular flexibility index (Phi) is 1.95. The van der Waals surface area contributed by atoms with Gasteiger partial charge in [0.1, 0.15) is 5.75 Å². The zero-order valence-corrected chi connectivity index (χ0v) is 6.22. The zero-order chi connectivity index (χ0) is 6.69. The molecule has 0 radical (unpaired) electrons. The van der Waals surface area contributed by atoms with E-state index in [0.717, 1.165) is 5.69 Å². The van der Waals surface area contributed by atoms with Gasteiger partial charge >= 0.3 is 0 Å². The van der Waals surface area contributed by atoms with Gasteiger partial charge in [0.25, 0.3) is 0 Å². The van der Waals surface area contributed by atoms with E-state index >= 15 is 0 Å². The summed E-state index contributed by atoms with van der Waals surface area (Å²) in [6, 6.07) is 6.77. The largest absolute Gasteiger partial charge is 0.508 e. The van der Waals surface area contributed by atoms with Crippen LogP contribution in [0, 0.1) is 0 Å². The highest BCUT2D eigenvalue weighted by atomic mass is 79.9. The van der Waals surface area contributed by atoms with Crippen molar-refractivity contribution in [2.75, 3.05) is 4.34 Å². The third kappa shape index (κ3) is 1.61. The predicted octanol–water partition coefficient (Wildman–Crippen LogP) is 2.11. The molecule has 0 amide bonds. The molecular weight excluding hydrogens is 182 g/mol. The first-order chi connectivity index (χ1) is 4.33. The molecule has 2 N–H and O–H groups in total. The standard InChI is InChI=1S/C6H6BrNO/c7-8-5-1-3-6(9)4-2-5/h1-4,8-9H. The van der Waals surface area contributed by atoms with Crippen LogP contribution < -0.4 is 4.34 Å². The van der Waals surface area contributed by atoms with E-state index in [4.69, 9.17) is 5.11 Å². The van der Waals surface area contributed by atoms with Gasteiger partial charge in [0.2, 0.25) is 0 Å². The first-order valence-electron chi connectivity index (χ1n) is 2.48. The van der Waals surface area contributed by atoms with Crippen LogP contribution in [-0.2, 0) is 0 Å². The van der Waals surface area contributed by atoms with E-state index in [0.29, 0.717) is 0 Å². The van der Waals surface area contributed by atoms with Gasteiger partial charge in [-0.1, -0.05) is 0 Å². The molecule has 2 nitrogen and oxygen atoms in total. The average molecular weight is 188 g/mol. The summed E-state index contributed by atoms with van der Waals surface area (Å²) in [5.74, 6) is 0.279. The van der Waals surface area contributed by atoms with Crippen LogP contribution in [0.25, 0.3) is 0 Å². The number of aromatic hydroxyl groups is 1. The molecule has 0 aromatic heterocycles. The van der Waals surface area contributed by atoms with Crippen molar-refractivity contribution in [3.05, 3.63) is 24.3 Å². The van der Waals surface area contributed by atoms with Crippen LogP contribution in [0.15, 0.2) is 24.3 Å². The number of benzene rings is 1. The fourth-order valence-corrected chi connectivity index (χ4v) is 0.789. The van der Waals surface area contributed by atoms with Crippen molar-refractivity contribution in [1.29, 1.82) is 0 Å². The van der Waals surface area contributed by atoms with E-state index < -0.39 is 0 Å². The normalized spacial score (nSPS) is 9.00. The number of anilines is 1. The summed E-state index contributed by atoms with van der Waals surface area (Å²) in [6.45, 7) is 0. The Morgan fingerprint density at radius 1 is 1.22 bits per heavy atom. The molecule has 9 heavy (non-hydrogen) atoms. The molecule has 0 bridgehead atoms. The second-order valence-corrected chi connectivity index (χ2v) is 2.04. The Morgan fingerprint density at radius 3 is 2.22 bits per heavy atom. The Bertz CT molecular complexity index is 185. The fourth-order valence-electron chi connectivity index (χ4n) is 0.524. The van der Waals surface area contributed by atoms with Gasteiger partial charge in [-0.15, -0.1) is 0 Å². The van der Waals surface area contributed by atoms with Crippen LogP contribution in [0.1, 0.15) is 0 Å². The van der Waals surface area contributed by atoms with Crippen molar-refractivity contribution in [2.45, 2.75) is 0 Å². The maximum atomic E-state index is 8.81. The van der Waals surface area contributed by atoms with Gasteiger partial charge in [-0.05, 0) is 24.3 Å². The lowest BCUT2D eigenvalue weighted by atomic mass is 10.3. The van der Waals surface area contributed by atoms with Gasteiger partial charge in [0.15, 0.2) is 0 Å². The smallest absolute Gasteiger partial charge is 0.115 e. The molecule has 0 aliphatic heterocycles. The van der Waals surface area contributed by atoms with Gasteiger partial charge in [0, 0.05) is 21.8 Å². The quantitative estimate of drug-likeness (QED) is 0.522. The second-order valence-electron chi connectivity index (χ2n) is 1.64. The molecule has 0 unspecified atom stereocenters. The number of halogens is 1. The summed E-state index contributed by atoms with van der Waals surface area (Å²) in [5, 5.41) is 8.81. The van der Waals surface area contributed by atoms with E-state index in [1.165, 1.54) is 0 Å². The van der Waals surface area contributed by atoms with Crippen LogP contribution in [-0.4, -0.2) is 5.11 Å². The van der Waals surface area contributed by atoms with Gasteiger partial charge in [0.05, 0.1) is 0 Å². The number of nitrogens with one attached hydrogen (secondary N) is 1. The van der Waals surface area contributed by atoms with Crippen LogP contribution in [0.4, 0.5) is 5.69 Å². The molecule has 0 spiro atoms. The molecule has 0 saturated heterocycles. The van der Waals surface area contributed by atoms with Crippen molar-refractivity contribution >= 4 is 21.8 Å². The maximum Gasteiger partial charge on any atom is 0.115 e. The summed E-state index contributed by atoms with van der Waals surface area (Å²) in [7, 11) is 0. The lowest BCUT2D eigenvalue weighted by Gasteiger charge is -1.95. The predicted molar refractivity (Wildman–Crippen MR) is 40.7 cm³/mol. The van der Waals surface area contributed by atoms with E-state index in [2.05, 4.69) is 20.5 Å². The molecule has 0 heterocycles. The third-order valence-electron chi connectivity index (χ3n) is 0.976. The first-order valence-corrected chi connectivity index (χ1v) is 3.28. The van der Waals surface area contributed by atoms with E-state index in [1.54, 1.807) is 24.3 Å². The van der Waals surface area contributed by atoms with Crippen LogP contribution in [0.2, 0.25) is 0 Å². The molecule has 0 fully saturated rings. The van der Waals surface area contributed by atoms with Crippen LogP contribution in [0.3, 0.4) is 0 Å².